The summed E-state index contributed by atoms with van der Waals surface area (Å²) in [6.07, 6.45) is 7.18. The Labute approximate surface area is 145 Å². The highest BCUT2D eigenvalue weighted by Crippen LogP contribution is 2.22. The van der Waals surface area contributed by atoms with Gasteiger partial charge in [-0.25, -0.2) is 4.98 Å². The largest absolute Gasteiger partial charge is 0.333 e. The van der Waals surface area contributed by atoms with Crippen molar-refractivity contribution in [2.45, 2.75) is 6.54 Å². The number of aromatic nitrogens is 3. The predicted octanol–water partition coefficient (Wildman–Crippen LogP) is 3.73. The molecular formula is C20H16N4O. The summed E-state index contributed by atoms with van der Waals surface area (Å²) in [5.41, 5.74) is 3.35. The molecule has 0 aliphatic carbocycles. The topological polar surface area (TPSA) is 59.8 Å². The minimum absolute atomic E-state index is 0.134. The lowest BCUT2D eigenvalue weighted by Gasteiger charge is -2.09. The maximum atomic E-state index is 12.5. The quantitative estimate of drug-likeness (QED) is 0.621. The SMILES string of the molecule is O=C(Nc1cccc2ncccc12)c1ccc(Cn2ccnc2)cc1. The van der Waals surface area contributed by atoms with E-state index < -0.39 is 0 Å². The first-order valence-electron chi connectivity index (χ1n) is 7.99. The molecule has 0 spiro atoms. The van der Waals surface area contributed by atoms with Crippen LogP contribution in [0.25, 0.3) is 10.9 Å². The van der Waals surface area contributed by atoms with Gasteiger partial charge in [0.2, 0.25) is 0 Å². The lowest BCUT2D eigenvalue weighted by Crippen LogP contribution is -2.12. The molecule has 0 aliphatic heterocycles. The molecular weight excluding hydrogens is 312 g/mol. The number of benzene rings is 2. The highest BCUT2D eigenvalue weighted by Gasteiger charge is 2.08. The molecule has 2 aromatic heterocycles. The summed E-state index contributed by atoms with van der Waals surface area (Å²) >= 11 is 0. The fourth-order valence-corrected chi connectivity index (χ4v) is 2.76. The van der Waals surface area contributed by atoms with Crippen LogP contribution in [0.2, 0.25) is 0 Å². The van der Waals surface area contributed by atoms with Gasteiger partial charge in [0, 0.05) is 36.1 Å². The minimum Gasteiger partial charge on any atom is -0.333 e. The molecule has 0 saturated heterocycles. The van der Waals surface area contributed by atoms with Crippen LogP contribution in [-0.4, -0.2) is 20.4 Å². The van der Waals surface area contributed by atoms with Crippen molar-refractivity contribution in [2.75, 3.05) is 5.32 Å². The summed E-state index contributed by atoms with van der Waals surface area (Å²) in [7, 11) is 0. The summed E-state index contributed by atoms with van der Waals surface area (Å²) in [5, 5.41) is 3.90. The van der Waals surface area contributed by atoms with Crippen molar-refractivity contribution in [1.29, 1.82) is 0 Å². The van der Waals surface area contributed by atoms with E-state index in [0.29, 0.717) is 5.56 Å². The number of rotatable bonds is 4. The van der Waals surface area contributed by atoms with E-state index in [-0.39, 0.29) is 5.91 Å². The second kappa shape index (κ2) is 6.57. The average molecular weight is 328 g/mol. The minimum atomic E-state index is -0.134. The maximum absolute atomic E-state index is 12.5. The number of hydrogen-bond donors (Lipinski definition) is 1. The number of amides is 1. The van der Waals surface area contributed by atoms with Crippen LogP contribution >= 0.6 is 0 Å². The molecule has 0 radical (unpaired) electrons. The van der Waals surface area contributed by atoms with Crippen LogP contribution in [0.15, 0.2) is 79.5 Å². The van der Waals surface area contributed by atoms with Gasteiger partial charge in [-0.05, 0) is 42.0 Å². The van der Waals surface area contributed by atoms with Crippen molar-refractivity contribution in [3.63, 3.8) is 0 Å². The number of imidazole rings is 1. The highest BCUT2D eigenvalue weighted by molar-refractivity contribution is 6.08. The molecule has 2 aromatic carbocycles. The molecule has 4 aromatic rings. The van der Waals surface area contributed by atoms with E-state index in [9.17, 15) is 4.79 Å². The fraction of sp³-hybridized carbons (Fsp3) is 0.0500. The number of nitrogens with zero attached hydrogens (tertiary/aromatic N) is 3. The highest BCUT2D eigenvalue weighted by atomic mass is 16.1. The van der Waals surface area contributed by atoms with Crippen molar-refractivity contribution in [1.82, 2.24) is 14.5 Å². The zero-order valence-corrected chi connectivity index (χ0v) is 13.5. The molecule has 1 N–H and O–H groups in total. The van der Waals surface area contributed by atoms with Gasteiger partial charge in [0.1, 0.15) is 0 Å². The molecule has 5 heteroatoms. The molecule has 0 atom stereocenters. The van der Waals surface area contributed by atoms with Gasteiger partial charge in [-0.3, -0.25) is 9.78 Å². The van der Waals surface area contributed by atoms with E-state index in [1.54, 1.807) is 18.7 Å². The van der Waals surface area contributed by atoms with E-state index in [4.69, 9.17) is 0 Å². The van der Waals surface area contributed by atoms with Crippen molar-refractivity contribution in [3.8, 4) is 0 Å². The summed E-state index contributed by atoms with van der Waals surface area (Å²) < 4.78 is 1.98. The second-order valence-electron chi connectivity index (χ2n) is 5.76. The van der Waals surface area contributed by atoms with Gasteiger partial charge >= 0.3 is 0 Å². The zero-order chi connectivity index (χ0) is 17.1. The number of fused-ring (bicyclic) bond motifs is 1. The van der Waals surface area contributed by atoms with Crippen LogP contribution in [0.3, 0.4) is 0 Å². The van der Waals surface area contributed by atoms with Crippen LogP contribution in [0, 0.1) is 0 Å². The number of carbonyl (C=O) groups is 1. The lowest BCUT2D eigenvalue weighted by atomic mass is 10.1. The van der Waals surface area contributed by atoms with Crippen LogP contribution < -0.4 is 5.32 Å². The third kappa shape index (κ3) is 3.26. The predicted molar refractivity (Wildman–Crippen MR) is 97.5 cm³/mol. The number of pyridine rings is 1. The fourth-order valence-electron chi connectivity index (χ4n) is 2.76. The smallest absolute Gasteiger partial charge is 0.255 e. The molecule has 0 fully saturated rings. The van der Waals surface area contributed by atoms with Crippen LogP contribution in [-0.2, 0) is 6.54 Å². The number of nitrogens with one attached hydrogen (secondary N) is 1. The molecule has 1 amide bonds. The first-order valence-corrected chi connectivity index (χ1v) is 7.99. The Hall–Kier alpha value is -3.47. The van der Waals surface area contributed by atoms with E-state index >= 15 is 0 Å². The molecule has 2 heterocycles. The third-order valence-electron chi connectivity index (χ3n) is 4.03. The number of hydrogen-bond acceptors (Lipinski definition) is 3. The summed E-state index contributed by atoms with van der Waals surface area (Å²) in [6.45, 7) is 0.733. The zero-order valence-electron chi connectivity index (χ0n) is 13.5. The number of anilines is 1. The monoisotopic (exact) mass is 328 g/mol. The first kappa shape index (κ1) is 15.1. The molecule has 0 saturated carbocycles. The van der Waals surface area contributed by atoms with Crippen molar-refractivity contribution >= 4 is 22.5 Å². The van der Waals surface area contributed by atoms with Gasteiger partial charge in [0.15, 0.2) is 0 Å². The molecule has 25 heavy (non-hydrogen) atoms. The van der Waals surface area contributed by atoms with Gasteiger partial charge in [-0.15, -0.1) is 0 Å². The Morgan fingerprint density at radius 3 is 2.68 bits per heavy atom. The molecule has 0 bridgehead atoms. The molecule has 0 aliphatic rings. The van der Waals surface area contributed by atoms with Gasteiger partial charge < -0.3 is 9.88 Å². The normalized spacial score (nSPS) is 10.7. The maximum Gasteiger partial charge on any atom is 0.255 e. The van der Waals surface area contributed by atoms with Crippen molar-refractivity contribution < 1.29 is 4.79 Å². The van der Waals surface area contributed by atoms with E-state index in [2.05, 4.69) is 15.3 Å². The van der Waals surface area contributed by atoms with E-state index in [0.717, 1.165) is 28.7 Å². The second-order valence-corrected chi connectivity index (χ2v) is 5.76. The molecule has 4 rings (SSSR count). The number of carbonyl (C=O) groups excluding carboxylic acids is 1. The molecule has 122 valence electrons. The Bertz CT molecular complexity index is 1000. The van der Waals surface area contributed by atoms with E-state index in [1.807, 2.05) is 65.4 Å². The van der Waals surface area contributed by atoms with Crippen molar-refractivity contribution in [2.24, 2.45) is 0 Å². The first-order chi connectivity index (χ1) is 12.3. The third-order valence-corrected chi connectivity index (χ3v) is 4.03. The Morgan fingerprint density at radius 1 is 1.00 bits per heavy atom. The Kier molecular flexibility index (Phi) is 3.96. The summed E-state index contributed by atoms with van der Waals surface area (Å²) in [5.74, 6) is -0.134. The molecule has 5 nitrogen and oxygen atoms in total. The van der Waals surface area contributed by atoms with Gasteiger partial charge in [-0.1, -0.05) is 18.2 Å². The molecule has 0 unspecified atom stereocenters. The van der Waals surface area contributed by atoms with Gasteiger partial charge in [0.05, 0.1) is 17.5 Å². The standard InChI is InChI=1S/C20H16N4O/c25-20(23-19-5-1-4-18-17(19)3-2-10-22-18)16-8-6-15(7-9-16)13-24-12-11-21-14-24/h1-12,14H,13H2,(H,23,25). The summed E-state index contributed by atoms with van der Waals surface area (Å²) in [4.78, 5) is 20.9. The van der Waals surface area contributed by atoms with Crippen molar-refractivity contribution in [3.05, 3.63) is 90.6 Å². The van der Waals surface area contributed by atoms with Crippen LogP contribution in [0.4, 0.5) is 5.69 Å². The lowest BCUT2D eigenvalue weighted by molar-refractivity contribution is 0.102. The Morgan fingerprint density at radius 2 is 1.88 bits per heavy atom. The van der Waals surface area contributed by atoms with Gasteiger partial charge in [-0.2, -0.15) is 0 Å². The van der Waals surface area contributed by atoms with Crippen LogP contribution in [0.1, 0.15) is 15.9 Å². The van der Waals surface area contributed by atoms with Gasteiger partial charge in [0.25, 0.3) is 5.91 Å². The average Bonchev–Trinajstić information content (AvgIpc) is 3.16. The van der Waals surface area contributed by atoms with Crippen LogP contribution in [0.5, 0.6) is 0 Å². The summed E-state index contributed by atoms with van der Waals surface area (Å²) in [6, 6.07) is 17.1. The Balaban J connectivity index is 1.52. The van der Waals surface area contributed by atoms with E-state index in [1.165, 1.54) is 0 Å².